The lowest BCUT2D eigenvalue weighted by Gasteiger charge is -2.13. The number of benzene rings is 1. The molecule has 0 saturated carbocycles. The van der Waals surface area contributed by atoms with E-state index < -0.39 is 0 Å². The van der Waals surface area contributed by atoms with Gasteiger partial charge >= 0.3 is 0 Å². The van der Waals surface area contributed by atoms with Gasteiger partial charge in [-0.3, -0.25) is 4.79 Å². The first-order valence-corrected chi connectivity index (χ1v) is 8.12. The molecule has 0 saturated heterocycles. The summed E-state index contributed by atoms with van der Waals surface area (Å²) in [6.45, 7) is 3.62. The van der Waals surface area contributed by atoms with Crippen molar-refractivity contribution in [1.29, 1.82) is 5.26 Å². The average molecular weight is 333 g/mol. The third-order valence-electron chi connectivity index (χ3n) is 3.16. The molecule has 1 amide bonds. The first-order valence-electron chi connectivity index (χ1n) is 7.07. The highest BCUT2D eigenvalue weighted by atomic mass is 32.2. The molecule has 7 heteroatoms. The first kappa shape index (κ1) is 17.0. The molecule has 1 aromatic heterocycles. The number of aromatic nitrogens is 1. The topological polar surface area (TPSA) is 78.9 Å². The molecule has 120 valence electrons. The Balaban J connectivity index is 1.99. The normalized spacial score (nSPS) is 11.7. The second-order valence-electron chi connectivity index (χ2n) is 4.94. The number of carbonyl (C=O) groups excluding carboxylic acids is 1. The van der Waals surface area contributed by atoms with Gasteiger partial charge in [-0.2, -0.15) is 5.26 Å². The predicted molar refractivity (Wildman–Crippen MR) is 86.4 cm³/mol. The lowest BCUT2D eigenvalue weighted by Crippen LogP contribution is -2.25. The summed E-state index contributed by atoms with van der Waals surface area (Å²) in [7, 11) is 0. The van der Waals surface area contributed by atoms with Crippen molar-refractivity contribution in [3.8, 4) is 6.07 Å². The summed E-state index contributed by atoms with van der Waals surface area (Å²) in [6, 6.07) is 7.82. The molecule has 0 spiro atoms. The maximum absolute atomic E-state index is 13.8. The van der Waals surface area contributed by atoms with E-state index in [1.54, 1.807) is 13.0 Å². The number of nitrogens with one attached hydrogen (secondary N) is 1. The van der Waals surface area contributed by atoms with E-state index in [4.69, 9.17) is 9.78 Å². The van der Waals surface area contributed by atoms with E-state index in [0.717, 1.165) is 0 Å². The fourth-order valence-corrected chi connectivity index (χ4v) is 3.00. The van der Waals surface area contributed by atoms with Gasteiger partial charge in [0.25, 0.3) is 0 Å². The second kappa shape index (κ2) is 7.79. The van der Waals surface area contributed by atoms with Crippen LogP contribution in [0.25, 0.3) is 0 Å². The molecule has 2 rings (SSSR count). The predicted octanol–water partition coefficient (Wildman–Crippen LogP) is 3.64. The number of anilines is 1. The van der Waals surface area contributed by atoms with Crippen LogP contribution in [0.15, 0.2) is 28.8 Å². The molecular formula is C16H16FN3O2S. The molecule has 1 unspecified atom stereocenters. The van der Waals surface area contributed by atoms with E-state index in [2.05, 4.69) is 10.5 Å². The van der Waals surface area contributed by atoms with Crippen molar-refractivity contribution >= 4 is 23.5 Å². The molecule has 0 aliphatic heterocycles. The van der Waals surface area contributed by atoms with E-state index in [1.807, 2.05) is 13.0 Å². The lowest BCUT2D eigenvalue weighted by atomic mass is 10.1. The van der Waals surface area contributed by atoms with Gasteiger partial charge in [0.15, 0.2) is 5.82 Å². The molecule has 1 aromatic carbocycles. The summed E-state index contributed by atoms with van der Waals surface area (Å²) in [4.78, 5) is 12.2. The number of aryl methyl sites for hydroxylation is 1. The Hall–Kier alpha value is -2.33. The van der Waals surface area contributed by atoms with E-state index in [1.165, 1.54) is 30.0 Å². The molecule has 0 radical (unpaired) electrons. The van der Waals surface area contributed by atoms with Crippen molar-refractivity contribution in [3.05, 3.63) is 47.0 Å². The van der Waals surface area contributed by atoms with Crippen LogP contribution in [0.5, 0.6) is 0 Å². The summed E-state index contributed by atoms with van der Waals surface area (Å²) < 4.78 is 18.7. The highest BCUT2D eigenvalue weighted by Crippen LogP contribution is 2.24. The van der Waals surface area contributed by atoms with Crippen LogP contribution in [-0.4, -0.2) is 16.3 Å². The largest absolute Gasteiger partial charge is 0.360 e. The van der Waals surface area contributed by atoms with Gasteiger partial charge in [-0.05, 0) is 37.1 Å². The van der Waals surface area contributed by atoms with Crippen molar-refractivity contribution in [3.63, 3.8) is 0 Å². The van der Waals surface area contributed by atoms with Gasteiger partial charge in [0.2, 0.25) is 5.91 Å². The molecule has 0 aliphatic rings. The smallest absolute Gasteiger partial charge is 0.238 e. The number of carbonyl (C=O) groups is 1. The average Bonchev–Trinajstić information content (AvgIpc) is 2.94. The van der Waals surface area contributed by atoms with Crippen LogP contribution in [0.1, 0.15) is 30.2 Å². The van der Waals surface area contributed by atoms with Gasteiger partial charge < -0.3 is 9.84 Å². The zero-order valence-electron chi connectivity index (χ0n) is 12.8. The van der Waals surface area contributed by atoms with Crippen molar-refractivity contribution in [2.24, 2.45) is 0 Å². The van der Waals surface area contributed by atoms with Crippen LogP contribution >= 0.6 is 11.8 Å². The van der Waals surface area contributed by atoms with E-state index in [-0.39, 0.29) is 17.0 Å². The molecule has 0 fully saturated rings. The molecule has 1 atom stereocenters. The molecule has 23 heavy (non-hydrogen) atoms. The van der Waals surface area contributed by atoms with Crippen LogP contribution in [0.2, 0.25) is 0 Å². The molecule has 0 aliphatic carbocycles. The SMILES string of the molecule is CCC(SCc1cc(C#N)ccc1F)C(=O)Nc1cc(C)on1. The fourth-order valence-electron chi connectivity index (χ4n) is 1.96. The summed E-state index contributed by atoms with van der Waals surface area (Å²) >= 11 is 1.32. The summed E-state index contributed by atoms with van der Waals surface area (Å²) in [5.74, 6) is 0.702. The highest BCUT2D eigenvalue weighted by Gasteiger charge is 2.19. The van der Waals surface area contributed by atoms with Gasteiger partial charge in [0.05, 0.1) is 16.9 Å². The quantitative estimate of drug-likeness (QED) is 0.873. The van der Waals surface area contributed by atoms with Crippen LogP contribution < -0.4 is 5.32 Å². The minimum Gasteiger partial charge on any atom is -0.360 e. The molecule has 1 N–H and O–H groups in total. The Kier molecular flexibility index (Phi) is 5.77. The van der Waals surface area contributed by atoms with Gasteiger partial charge in [0.1, 0.15) is 11.6 Å². The number of rotatable bonds is 6. The number of hydrogen-bond donors (Lipinski definition) is 1. The first-order chi connectivity index (χ1) is 11.0. The maximum Gasteiger partial charge on any atom is 0.238 e. The van der Waals surface area contributed by atoms with Gasteiger partial charge in [-0.15, -0.1) is 11.8 Å². The standard InChI is InChI=1S/C16H16FN3O2S/c1-3-14(16(21)19-15-6-10(2)22-20-15)23-9-12-7-11(8-18)4-5-13(12)17/h4-7,14H,3,9H2,1-2H3,(H,19,20,21). The van der Waals surface area contributed by atoms with Gasteiger partial charge in [-0.25, -0.2) is 4.39 Å². The van der Waals surface area contributed by atoms with Crippen LogP contribution in [0, 0.1) is 24.1 Å². The monoisotopic (exact) mass is 333 g/mol. The Morgan fingerprint density at radius 1 is 1.52 bits per heavy atom. The summed E-state index contributed by atoms with van der Waals surface area (Å²) in [5, 5.41) is 14.9. The van der Waals surface area contributed by atoms with E-state index in [0.29, 0.717) is 34.9 Å². The number of halogens is 1. The van der Waals surface area contributed by atoms with Crippen molar-refractivity contribution in [2.75, 3.05) is 5.32 Å². The number of thioether (sulfide) groups is 1. The molecular weight excluding hydrogens is 317 g/mol. The van der Waals surface area contributed by atoms with Crippen molar-refractivity contribution in [1.82, 2.24) is 5.16 Å². The zero-order chi connectivity index (χ0) is 16.8. The second-order valence-corrected chi connectivity index (χ2v) is 6.13. The maximum atomic E-state index is 13.8. The van der Waals surface area contributed by atoms with Crippen molar-refractivity contribution in [2.45, 2.75) is 31.3 Å². The van der Waals surface area contributed by atoms with Crippen LogP contribution in [0.4, 0.5) is 10.2 Å². The number of amides is 1. The third kappa shape index (κ3) is 4.57. The molecule has 2 aromatic rings. The Morgan fingerprint density at radius 3 is 2.91 bits per heavy atom. The number of hydrogen-bond acceptors (Lipinski definition) is 5. The Labute approximate surface area is 137 Å². The van der Waals surface area contributed by atoms with Crippen molar-refractivity contribution < 1.29 is 13.7 Å². The van der Waals surface area contributed by atoms with E-state index >= 15 is 0 Å². The fraction of sp³-hybridized carbons (Fsp3) is 0.312. The number of nitriles is 1. The van der Waals surface area contributed by atoms with Gasteiger partial charge in [0, 0.05) is 11.8 Å². The molecule has 5 nitrogen and oxygen atoms in total. The van der Waals surface area contributed by atoms with Gasteiger partial charge in [-0.1, -0.05) is 12.1 Å². The number of nitrogens with zero attached hydrogens (tertiary/aromatic N) is 2. The van der Waals surface area contributed by atoms with E-state index in [9.17, 15) is 9.18 Å². The Morgan fingerprint density at radius 2 is 2.30 bits per heavy atom. The third-order valence-corrected chi connectivity index (χ3v) is 4.58. The van der Waals surface area contributed by atoms with Crippen LogP contribution in [0.3, 0.4) is 0 Å². The van der Waals surface area contributed by atoms with Crippen LogP contribution in [-0.2, 0) is 10.5 Å². The highest BCUT2D eigenvalue weighted by molar-refractivity contribution is 7.99. The minimum atomic E-state index is -0.376. The summed E-state index contributed by atoms with van der Waals surface area (Å²) in [5.41, 5.74) is 0.815. The molecule has 1 heterocycles. The minimum absolute atomic E-state index is 0.206. The Bertz CT molecular complexity index is 739. The zero-order valence-corrected chi connectivity index (χ0v) is 13.6. The molecule has 0 bridgehead atoms. The summed E-state index contributed by atoms with van der Waals surface area (Å²) in [6.07, 6.45) is 0.590. The lowest BCUT2D eigenvalue weighted by molar-refractivity contribution is -0.115.